The first-order valence-corrected chi connectivity index (χ1v) is 5.76. The zero-order valence-electron chi connectivity index (χ0n) is 10.1. The molecule has 0 unspecified atom stereocenters. The highest BCUT2D eigenvalue weighted by Crippen LogP contribution is 2.22. The third-order valence-electron chi connectivity index (χ3n) is 2.78. The molecule has 18 heavy (non-hydrogen) atoms. The Morgan fingerprint density at radius 2 is 2.06 bits per heavy atom. The van der Waals surface area contributed by atoms with Crippen molar-refractivity contribution in [3.8, 4) is 0 Å². The van der Waals surface area contributed by atoms with Crippen molar-refractivity contribution in [2.75, 3.05) is 18.0 Å². The van der Waals surface area contributed by atoms with Gasteiger partial charge in [0.25, 0.3) is 0 Å². The lowest BCUT2D eigenvalue weighted by Gasteiger charge is -2.28. The number of piperazine rings is 1. The molecule has 0 radical (unpaired) electrons. The van der Waals surface area contributed by atoms with E-state index in [0.717, 1.165) is 5.56 Å². The van der Waals surface area contributed by atoms with Crippen molar-refractivity contribution in [2.45, 2.75) is 13.3 Å². The van der Waals surface area contributed by atoms with Crippen LogP contribution in [0.3, 0.4) is 0 Å². The van der Waals surface area contributed by atoms with E-state index in [4.69, 9.17) is 0 Å². The molecule has 2 rings (SSSR count). The van der Waals surface area contributed by atoms with E-state index in [-0.39, 0.29) is 12.2 Å². The smallest absolute Gasteiger partial charge is 0.316 e. The van der Waals surface area contributed by atoms with Crippen LogP contribution in [0.1, 0.15) is 12.5 Å². The van der Waals surface area contributed by atoms with Crippen LogP contribution < -0.4 is 10.2 Å². The van der Waals surface area contributed by atoms with E-state index in [1.54, 1.807) is 18.2 Å². The molecule has 1 aliphatic rings. The summed E-state index contributed by atoms with van der Waals surface area (Å²) in [6.45, 7) is 2.36. The maximum absolute atomic E-state index is 11.8. The van der Waals surface area contributed by atoms with Crippen molar-refractivity contribution < 1.29 is 14.4 Å². The quantitative estimate of drug-likeness (QED) is 0.779. The van der Waals surface area contributed by atoms with Gasteiger partial charge in [-0.25, -0.2) is 0 Å². The van der Waals surface area contributed by atoms with Crippen LogP contribution in [0.25, 0.3) is 0 Å². The summed E-state index contributed by atoms with van der Waals surface area (Å²) in [6, 6.07) is 7.17. The Morgan fingerprint density at radius 1 is 1.33 bits per heavy atom. The van der Waals surface area contributed by atoms with E-state index >= 15 is 0 Å². The maximum atomic E-state index is 11.8. The Bertz CT molecular complexity index is 511. The van der Waals surface area contributed by atoms with Crippen LogP contribution in [0, 0.1) is 0 Å². The summed E-state index contributed by atoms with van der Waals surface area (Å²) >= 11 is 0. The number of nitrogens with one attached hydrogen (secondary N) is 1. The molecule has 0 saturated carbocycles. The lowest BCUT2D eigenvalue weighted by atomic mass is 10.1. The standard InChI is InChI=1S/C13H14N2O3/c1-9(16)8-10-4-2-3-5-11(10)15-7-6-14-12(17)13(15)18/h2-5H,6-8H2,1H3,(H,14,17). The van der Waals surface area contributed by atoms with Gasteiger partial charge >= 0.3 is 11.8 Å². The summed E-state index contributed by atoms with van der Waals surface area (Å²) in [5.74, 6) is -1.15. The first kappa shape index (κ1) is 12.3. The van der Waals surface area contributed by atoms with Crippen LogP contribution in [-0.4, -0.2) is 30.7 Å². The number of carbonyl (C=O) groups is 3. The lowest BCUT2D eigenvalue weighted by Crippen LogP contribution is -2.52. The molecule has 0 atom stereocenters. The number of para-hydroxylation sites is 1. The summed E-state index contributed by atoms with van der Waals surface area (Å²) in [7, 11) is 0. The van der Waals surface area contributed by atoms with Crippen molar-refractivity contribution in [3.05, 3.63) is 29.8 Å². The lowest BCUT2D eigenvalue weighted by molar-refractivity contribution is -0.138. The van der Waals surface area contributed by atoms with Gasteiger partial charge in [0.15, 0.2) is 0 Å². The second-order valence-corrected chi connectivity index (χ2v) is 4.22. The van der Waals surface area contributed by atoms with Crippen LogP contribution in [0.15, 0.2) is 24.3 Å². The fourth-order valence-electron chi connectivity index (χ4n) is 2.00. The number of ketones is 1. The topological polar surface area (TPSA) is 66.5 Å². The van der Waals surface area contributed by atoms with Crippen LogP contribution in [0.5, 0.6) is 0 Å². The van der Waals surface area contributed by atoms with E-state index in [1.165, 1.54) is 11.8 Å². The molecule has 1 aromatic carbocycles. The highest BCUT2D eigenvalue weighted by molar-refractivity contribution is 6.41. The molecule has 2 amide bonds. The summed E-state index contributed by atoms with van der Waals surface area (Å²) in [5.41, 5.74) is 1.42. The first-order valence-electron chi connectivity index (χ1n) is 5.76. The second-order valence-electron chi connectivity index (χ2n) is 4.22. The molecule has 1 saturated heterocycles. The number of rotatable bonds is 3. The zero-order chi connectivity index (χ0) is 13.1. The Hall–Kier alpha value is -2.17. The Labute approximate surface area is 105 Å². The van der Waals surface area contributed by atoms with Gasteiger partial charge in [-0.1, -0.05) is 18.2 Å². The fraction of sp³-hybridized carbons (Fsp3) is 0.308. The van der Waals surface area contributed by atoms with Crippen molar-refractivity contribution in [1.82, 2.24) is 5.32 Å². The average Bonchev–Trinajstić information content (AvgIpc) is 2.33. The zero-order valence-corrected chi connectivity index (χ0v) is 10.1. The van der Waals surface area contributed by atoms with Gasteiger partial charge in [-0.3, -0.25) is 14.4 Å². The van der Waals surface area contributed by atoms with E-state index in [2.05, 4.69) is 5.32 Å². The van der Waals surface area contributed by atoms with Crippen LogP contribution in [0.4, 0.5) is 5.69 Å². The van der Waals surface area contributed by atoms with Gasteiger partial charge in [0.05, 0.1) is 0 Å². The van der Waals surface area contributed by atoms with Gasteiger partial charge in [0, 0.05) is 25.2 Å². The molecule has 0 aromatic heterocycles. The third kappa shape index (κ3) is 2.40. The first-order chi connectivity index (χ1) is 8.59. The minimum atomic E-state index is -0.598. The average molecular weight is 246 g/mol. The van der Waals surface area contributed by atoms with Crippen molar-refractivity contribution in [2.24, 2.45) is 0 Å². The normalized spacial score (nSPS) is 15.5. The van der Waals surface area contributed by atoms with Gasteiger partial charge in [0.2, 0.25) is 0 Å². The molecule has 0 bridgehead atoms. The van der Waals surface area contributed by atoms with E-state index in [0.29, 0.717) is 18.8 Å². The van der Waals surface area contributed by atoms with Gasteiger partial charge in [0.1, 0.15) is 5.78 Å². The Kier molecular flexibility index (Phi) is 3.41. The molecule has 5 heteroatoms. The number of carbonyl (C=O) groups excluding carboxylic acids is 3. The predicted molar refractivity (Wildman–Crippen MR) is 66.2 cm³/mol. The number of anilines is 1. The number of hydrogen-bond donors (Lipinski definition) is 1. The highest BCUT2D eigenvalue weighted by Gasteiger charge is 2.28. The molecule has 1 fully saturated rings. The molecule has 1 N–H and O–H groups in total. The van der Waals surface area contributed by atoms with Crippen LogP contribution in [0.2, 0.25) is 0 Å². The van der Waals surface area contributed by atoms with Crippen molar-refractivity contribution >= 4 is 23.3 Å². The summed E-state index contributed by atoms with van der Waals surface area (Å²) in [4.78, 5) is 35.8. The summed E-state index contributed by atoms with van der Waals surface area (Å²) in [5, 5.41) is 2.49. The van der Waals surface area contributed by atoms with Crippen LogP contribution in [-0.2, 0) is 20.8 Å². The number of amides is 2. The molecule has 1 aromatic rings. The van der Waals surface area contributed by atoms with Gasteiger partial charge < -0.3 is 10.2 Å². The molecular formula is C13H14N2O3. The van der Waals surface area contributed by atoms with Gasteiger partial charge in [-0.15, -0.1) is 0 Å². The SMILES string of the molecule is CC(=O)Cc1ccccc1N1CCNC(=O)C1=O. The Morgan fingerprint density at radius 3 is 2.78 bits per heavy atom. The van der Waals surface area contributed by atoms with E-state index < -0.39 is 11.8 Å². The van der Waals surface area contributed by atoms with Crippen molar-refractivity contribution in [3.63, 3.8) is 0 Å². The second kappa shape index (κ2) is 5.00. The third-order valence-corrected chi connectivity index (χ3v) is 2.78. The Balaban J connectivity index is 2.34. The summed E-state index contributed by atoms with van der Waals surface area (Å²) in [6.07, 6.45) is 0.265. The molecule has 5 nitrogen and oxygen atoms in total. The fourth-order valence-corrected chi connectivity index (χ4v) is 2.00. The molecule has 1 heterocycles. The largest absolute Gasteiger partial charge is 0.346 e. The van der Waals surface area contributed by atoms with Gasteiger partial charge in [-0.2, -0.15) is 0 Å². The monoisotopic (exact) mass is 246 g/mol. The molecular weight excluding hydrogens is 232 g/mol. The number of benzene rings is 1. The van der Waals surface area contributed by atoms with Crippen LogP contribution >= 0.6 is 0 Å². The predicted octanol–water partition coefficient (Wildman–Crippen LogP) is 0.281. The van der Waals surface area contributed by atoms with E-state index in [1.807, 2.05) is 6.07 Å². The number of nitrogens with zero attached hydrogens (tertiary/aromatic N) is 1. The number of hydrogen-bond acceptors (Lipinski definition) is 3. The minimum Gasteiger partial charge on any atom is -0.346 e. The molecule has 1 aliphatic heterocycles. The maximum Gasteiger partial charge on any atom is 0.316 e. The van der Waals surface area contributed by atoms with Gasteiger partial charge in [-0.05, 0) is 18.6 Å². The van der Waals surface area contributed by atoms with Crippen molar-refractivity contribution in [1.29, 1.82) is 0 Å². The minimum absolute atomic E-state index is 0.0244. The summed E-state index contributed by atoms with van der Waals surface area (Å²) < 4.78 is 0. The molecule has 0 aliphatic carbocycles. The van der Waals surface area contributed by atoms with E-state index in [9.17, 15) is 14.4 Å². The number of Topliss-reactive ketones (excluding diaryl/α,β-unsaturated/α-hetero) is 1. The highest BCUT2D eigenvalue weighted by atomic mass is 16.2. The molecule has 0 spiro atoms. The molecule has 94 valence electrons.